The molecule has 3 heterocycles. The van der Waals surface area contributed by atoms with Crippen LogP contribution in [0.5, 0.6) is 5.88 Å². The predicted molar refractivity (Wildman–Crippen MR) is 137 cm³/mol. The number of hydrogen-bond donors (Lipinski definition) is 1. The van der Waals surface area contributed by atoms with Gasteiger partial charge in [-0.25, -0.2) is 9.98 Å². The Kier molecular flexibility index (Phi) is 6.49. The number of anilines is 1. The van der Waals surface area contributed by atoms with Gasteiger partial charge in [0.2, 0.25) is 11.8 Å². The van der Waals surface area contributed by atoms with Crippen LogP contribution in [0.15, 0.2) is 35.6 Å². The van der Waals surface area contributed by atoms with Gasteiger partial charge in [0, 0.05) is 38.2 Å². The molecular formula is C27H36N6O2. The van der Waals surface area contributed by atoms with Gasteiger partial charge in [-0.3, -0.25) is 4.79 Å². The molecule has 186 valence electrons. The number of carbonyl (C=O) groups excluding carboxylic acids is 1. The molecule has 2 aromatic rings. The molecular weight excluding hydrogens is 440 g/mol. The topological polar surface area (TPSA) is 96.9 Å². The van der Waals surface area contributed by atoms with E-state index >= 15 is 0 Å². The van der Waals surface area contributed by atoms with Crippen LogP contribution in [0.4, 0.5) is 11.5 Å². The van der Waals surface area contributed by atoms with Crippen molar-refractivity contribution >= 4 is 23.1 Å². The van der Waals surface area contributed by atoms with Gasteiger partial charge in [0.25, 0.3) is 0 Å². The van der Waals surface area contributed by atoms with Crippen LogP contribution in [0, 0.1) is 5.92 Å². The average Bonchev–Trinajstić information content (AvgIpc) is 2.84. The predicted octanol–water partition coefficient (Wildman–Crippen LogP) is 3.79. The number of rotatable bonds is 4. The molecule has 1 aromatic heterocycles. The molecule has 0 unspecified atom stereocenters. The minimum absolute atomic E-state index is 0.322. The van der Waals surface area contributed by atoms with E-state index in [2.05, 4.69) is 51.1 Å². The fourth-order valence-electron chi connectivity index (χ4n) is 5.55. The number of carbonyl (C=O) groups is 1. The second-order valence-electron chi connectivity index (χ2n) is 10.7. The molecule has 2 fully saturated rings. The summed E-state index contributed by atoms with van der Waals surface area (Å²) in [5, 5.41) is 0. The Morgan fingerprint density at radius 1 is 1.06 bits per heavy atom. The smallest absolute Gasteiger partial charge is 0.246 e. The van der Waals surface area contributed by atoms with E-state index in [1.807, 2.05) is 13.8 Å². The number of likely N-dealkylation sites (N-methyl/N-ethyl adjacent to an activating group) is 1. The summed E-state index contributed by atoms with van der Waals surface area (Å²) in [5.41, 5.74) is 9.09. The number of nitrogen functional groups attached to an aromatic ring is 1. The van der Waals surface area contributed by atoms with Crippen LogP contribution in [0.25, 0.3) is 0 Å². The first kappa shape index (κ1) is 23.7. The van der Waals surface area contributed by atoms with E-state index in [4.69, 9.17) is 15.5 Å². The van der Waals surface area contributed by atoms with E-state index in [-0.39, 0.29) is 0 Å². The average molecular weight is 477 g/mol. The van der Waals surface area contributed by atoms with Gasteiger partial charge in [0.1, 0.15) is 11.9 Å². The monoisotopic (exact) mass is 476 g/mol. The highest BCUT2D eigenvalue weighted by molar-refractivity contribution is 6.09. The summed E-state index contributed by atoms with van der Waals surface area (Å²) in [6, 6.07) is 8.70. The molecule has 3 aliphatic rings. The maximum Gasteiger partial charge on any atom is 0.246 e. The largest absolute Gasteiger partial charge is 0.463 e. The zero-order valence-electron chi connectivity index (χ0n) is 21.0. The summed E-state index contributed by atoms with van der Waals surface area (Å²) in [7, 11) is 2.12. The number of nitrogens with two attached hydrogens (primary N) is 1. The molecule has 0 bridgehead atoms. The Labute approximate surface area is 207 Å². The summed E-state index contributed by atoms with van der Waals surface area (Å²) < 4.78 is 6.11. The highest BCUT2D eigenvalue weighted by Crippen LogP contribution is 2.40. The van der Waals surface area contributed by atoms with Gasteiger partial charge >= 0.3 is 0 Å². The molecule has 2 aliphatic heterocycles. The van der Waals surface area contributed by atoms with Crippen LogP contribution in [-0.2, 0) is 4.79 Å². The fourth-order valence-corrected chi connectivity index (χ4v) is 5.55. The van der Waals surface area contributed by atoms with Crippen LogP contribution < -0.4 is 10.5 Å². The second kappa shape index (κ2) is 9.57. The second-order valence-corrected chi connectivity index (χ2v) is 10.7. The first-order valence-electron chi connectivity index (χ1n) is 12.8. The number of hydrogen-bond acceptors (Lipinski definition) is 7. The van der Waals surface area contributed by atoms with Crippen LogP contribution >= 0.6 is 0 Å². The molecule has 5 rings (SSSR count). The molecule has 0 radical (unpaired) electrons. The van der Waals surface area contributed by atoms with Crippen molar-refractivity contribution in [2.45, 2.75) is 57.5 Å². The minimum Gasteiger partial charge on any atom is -0.463 e. The highest BCUT2D eigenvalue weighted by Gasteiger charge is 2.35. The quantitative estimate of drug-likeness (QED) is 0.721. The van der Waals surface area contributed by atoms with Crippen molar-refractivity contribution in [2.75, 3.05) is 39.0 Å². The molecule has 2 N–H and O–H groups in total. The number of benzene rings is 1. The molecule has 1 aromatic carbocycles. The molecule has 1 saturated heterocycles. The number of piperazine rings is 1. The third-order valence-electron chi connectivity index (χ3n) is 7.78. The summed E-state index contributed by atoms with van der Waals surface area (Å²) in [4.78, 5) is 30.1. The Hall–Kier alpha value is -3.00. The van der Waals surface area contributed by atoms with Gasteiger partial charge in [-0.15, -0.1) is 0 Å². The van der Waals surface area contributed by atoms with Crippen LogP contribution in [0.2, 0.25) is 0 Å². The Morgan fingerprint density at radius 2 is 1.74 bits per heavy atom. The van der Waals surface area contributed by atoms with Gasteiger partial charge in [-0.05, 0) is 64.0 Å². The van der Waals surface area contributed by atoms with Gasteiger partial charge < -0.3 is 20.3 Å². The number of aliphatic imine (C=N–C) groups is 1. The van der Waals surface area contributed by atoms with Gasteiger partial charge in [-0.2, -0.15) is 4.98 Å². The molecule has 8 nitrogen and oxygen atoms in total. The lowest BCUT2D eigenvalue weighted by Gasteiger charge is -2.34. The third-order valence-corrected chi connectivity index (χ3v) is 7.78. The lowest BCUT2D eigenvalue weighted by Crippen LogP contribution is -2.47. The van der Waals surface area contributed by atoms with Crippen molar-refractivity contribution in [3.8, 4) is 5.88 Å². The van der Waals surface area contributed by atoms with Gasteiger partial charge in [0.05, 0.1) is 5.71 Å². The van der Waals surface area contributed by atoms with Crippen molar-refractivity contribution in [2.24, 2.45) is 10.9 Å². The van der Waals surface area contributed by atoms with E-state index < -0.39 is 5.60 Å². The van der Waals surface area contributed by atoms with Crippen molar-refractivity contribution in [3.63, 3.8) is 0 Å². The lowest BCUT2D eigenvalue weighted by atomic mass is 9.77. The molecule has 1 aliphatic carbocycles. The van der Waals surface area contributed by atoms with E-state index in [1.54, 1.807) is 0 Å². The van der Waals surface area contributed by atoms with Gasteiger partial charge in [0.15, 0.2) is 11.5 Å². The molecule has 0 spiro atoms. The van der Waals surface area contributed by atoms with Crippen molar-refractivity contribution in [1.82, 2.24) is 19.8 Å². The summed E-state index contributed by atoms with van der Waals surface area (Å²) in [6.45, 7) is 7.69. The van der Waals surface area contributed by atoms with Crippen LogP contribution in [-0.4, -0.2) is 70.2 Å². The van der Waals surface area contributed by atoms with E-state index in [1.165, 1.54) is 11.9 Å². The molecule has 0 atom stereocenters. The third kappa shape index (κ3) is 5.03. The standard InChI is InChI=1S/C27H36N6O2/c1-27(2)24(31-23-25(28)29-17-30-26(23)35-27)21-10-8-20(9-11-21)19-6-4-18(5-7-19)16-22(34)33-14-12-32(3)13-15-33/h8-11,17-19H,4-7,12-16H2,1-3H3,(H2,28,29,30). The molecule has 1 saturated carbocycles. The summed E-state index contributed by atoms with van der Waals surface area (Å²) in [6.07, 6.45) is 6.62. The number of nitrogens with zero attached hydrogens (tertiary/aromatic N) is 5. The van der Waals surface area contributed by atoms with Crippen LogP contribution in [0.1, 0.15) is 63.0 Å². The molecule has 8 heteroatoms. The first-order chi connectivity index (χ1) is 16.8. The van der Waals surface area contributed by atoms with Gasteiger partial charge in [-0.1, -0.05) is 24.3 Å². The molecule has 1 amide bonds. The summed E-state index contributed by atoms with van der Waals surface area (Å²) >= 11 is 0. The van der Waals surface area contributed by atoms with Crippen molar-refractivity contribution in [1.29, 1.82) is 0 Å². The van der Waals surface area contributed by atoms with Crippen molar-refractivity contribution in [3.05, 3.63) is 41.7 Å². The highest BCUT2D eigenvalue weighted by atomic mass is 16.5. The SMILES string of the molecule is CN1CCN(C(=O)CC2CCC(c3ccc(C4=Nc5c(N)ncnc5OC4(C)C)cc3)CC2)CC1. The maximum absolute atomic E-state index is 12.7. The lowest BCUT2D eigenvalue weighted by molar-refractivity contribution is -0.134. The number of ether oxygens (including phenoxy) is 1. The zero-order valence-corrected chi connectivity index (χ0v) is 21.0. The normalized spacial score (nSPS) is 24.3. The van der Waals surface area contributed by atoms with E-state index in [0.29, 0.717) is 41.5 Å². The minimum atomic E-state index is -0.621. The fraction of sp³-hybridized carbons (Fsp3) is 0.556. The number of amides is 1. The Morgan fingerprint density at radius 3 is 2.43 bits per heavy atom. The number of fused-ring (bicyclic) bond motifs is 1. The first-order valence-corrected chi connectivity index (χ1v) is 12.8. The van der Waals surface area contributed by atoms with Crippen LogP contribution in [0.3, 0.4) is 0 Å². The Balaban J connectivity index is 1.21. The maximum atomic E-state index is 12.7. The van der Waals surface area contributed by atoms with E-state index in [9.17, 15) is 4.79 Å². The summed E-state index contributed by atoms with van der Waals surface area (Å²) in [5.74, 6) is 2.14. The Bertz CT molecular complexity index is 1100. The molecule has 35 heavy (non-hydrogen) atoms. The van der Waals surface area contributed by atoms with E-state index in [0.717, 1.165) is 63.1 Å². The number of aromatic nitrogens is 2. The van der Waals surface area contributed by atoms with Crippen molar-refractivity contribution < 1.29 is 9.53 Å². The zero-order chi connectivity index (χ0) is 24.6.